The van der Waals surface area contributed by atoms with E-state index in [2.05, 4.69) is 0 Å². The van der Waals surface area contributed by atoms with Crippen molar-refractivity contribution >= 4 is 12.0 Å². The molecule has 4 nitrogen and oxygen atoms in total. The standard InChI is InChI=1S/C15H20O4/c1-15(2,3)19-14(16)9-7-11-6-8-12(17-4)13(10-11)18-5/h6-10H,1-5H3/b9-7+. The summed E-state index contributed by atoms with van der Waals surface area (Å²) in [5.74, 6) is 0.896. The maximum atomic E-state index is 11.5. The minimum atomic E-state index is -0.487. The van der Waals surface area contributed by atoms with Crippen LogP contribution in [0.1, 0.15) is 26.3 Å². The number of carbonyl (C=O) groups is 1. The van der Waals surface area contributed by atoms with E-state index in [-0.39, 0.29) is 5.97 Å². The van der Waals surface area contributed by atoms with Crippen LogP contribution >= 0.6 is 0 Å². The molecule has 0 unspecified atom stereocenters. The smallest absolute Gasteiger partial charge is 0.331 e. The summed E-state index contributed by atoms with van der Waals surface area (Å²) in [6.45, 7) is 5.49. The van der Waals surface area contributed by atoms with Crippen molar-refractivity contribution in [3.63, 3.8) is 0 Å². The van der Waals surface area contributed by atoms with Gasteiger partial charge < -0.3 is 14.2 Å². The van der Waals surface area contributed by atoms with Gasteiger partial charge in [-0.05, 0) is 44.5 Å². The zero-order chi connectivity index (χ0) is 14.5. The van der Waals surface area contributed by atoms with Crippen LogP contribution in [0.25, 0.3) is 6.08 Å². The van der Waals surface area contributed by atoms with Crippen molar-refractivity contribution in [1.82, 2.24) is 0 Å². The van der Waals surface area contributed by atoms with Crippen molar-refractivity contribution < 1.29 is 19.0 Å². The molecule has 0 saturated heterocycles. The molecule has 0 aliphatic carbocycles. The lowest BCUT2D eigenvalue weighted by Crippen LogP contribution is -2.22. The Bertz CT molecular complexity index is 470. The van der Waals surface area contributed by atoms with Crippen LogP contribution in [0.15, 0.2) is 24.3 Å². The maximum absolute atomic E-state index is 11.5. The van der Waals surface area contributed by atoms with Gasteiger partial charge in [-0.2, -0.15) is 0 Å². The van der Waals surface area contributed by atoms with E-state index >= 15 is 0 Å². The highest BCUT2D eigenvalue weighted by molar-refractivity contribution is 5.87. The second-order valence-corrected chi connectivity index (χ2v) is 4.98. The minimum Gasteiger partial charge on any atom is -0.493 e. The van der Waals surface area contributed by atoms with Gasteiger partial charge in [0.2, 0.25) is 0 Å². The normalized spacial score (nSPS) is 11.4. The lowest BCUT2D eigenvalue weighted by Gasteiger charge is -2.17. The Balaban J connectivity index is 2.80. The number of esters is 1. The SMILES string of the molecule is COc1ccc(/C=C/C(=O)OC(C)(C)C)cc1OC. The molecule has 0 aromatic heterocycles. The van der Waals surface area contributed by atoms with E-state index in [4.69, 9.17) is 14.2 Å². The van der Waals surface area contributed by atoms with Gasteiger partial charge in [-0.1, -0.05) is 6.07 Å². The van der Waals surface area contributed by atoms with Gasteiger partial charge in [0.15, 0.2) is 11.5 Å². The predicted molar refractivity (Wildman–Crippen MR) is 74.4 cm³/mol. The fourth-order valence-electron chi connectivity index (χ4n) is 1.46. The molecule has 0 amide bonds. The zero-order valence-corrected chi connectivity index (χ0v) is 12.0. The average molecular weight is 264 g/mol. The summed E-state index contributed by atoms with van der Waals surface area (Å²) < 4.78 is 15.5. The molecule has 0 saturated carbocycles. The molecule has 0 radical (unpaired) electrons. The van der Waals surface area contributed by atoms with Crippen LogP contribution in [0.3, 0.4) is 0 Å². The van der Waals surface area contributed by atoms with Crippen LogP contribution in [0.2, 0.25) is 0 Å². The van der Waals surface area contributed by atoms with Crippen molar-refractivity contribution in [2.24, 2.45) is 0 Å². The monoisotopic (exact) mass is 264 g/mol. The third-order valence-electron chi connectivity index (χ3n) is 2.23. The first kappa shape index (κ1) is 15.1. The van der Waals surface area contributed by atoms with Crippen LogP contribution < -0.4 is 9.47 Å². The van der Waals surface area contributed by atoms with Crippen molar-refractivity contribution in [3.05, 3.63) is 29.8 Å². The molecule has 19 heavy (non-hydrogen) atoms. The number of benzene rings is 1. The summed E-state index contributed by atoms with van der Waals surface area (Å²) in [5.41, 5.74) is 0.350. The van der Waals surface area contributed by atoms with E-state index in [1.165, 1.54) is 6.08 Å². The van der Waals surface area contributed by atoms with Gasteiger partial charge in [0.25, 0.3) is 0 Å². The first-order valence-electron chi connectivity index (χ1n) is 5.99. The molecule has 0 N–H and O–H groups in total. The molecule has 4 heteroatoms. The summed E-state index contributed by atoms with van der Waals surface area (Å²) in [5, 5.41) is 0. The van der Waals surface area contributed by atoms with Gasteiger partial charge >= 0.3 is 5.97 Å². The summed E-state index contributed by atoms with van der Waals surface area (Å²) in [6.07, 6.45) is 3.07. The van der Waals surface area contributed by atoms with Crippen LogP contribution in [-0.2, 0) is 9.53 Å². The first-order valence-corrected chi connectivity index (χ1v) is 5.99. The van der Waals surface area contributed by atoms with Gasteiger partial charge in [0, 0.05) is 6.08 Å². The van der Waals surface area contributed by atoms with E-state index in [9.17, 15) is 4.79 Å². The Kier molecular flexibility index (Phi) is 4.98. The highest BCUT2D eigenvalue weighted by atomic mass is 16.6. The number of hydrogen-bond donors (Lipinski definition) is 0. The van der Waals surface area contributed by atoms with E-state index in [1.54, 1.807) is 32.4 Å². The molecule has 1 aromatic rings. The Hall–Kier alpha value is -1.97. The topological polar surface area (TPSA) is 44.8 Å². The first-order chi connectivity index (χ1) is 8.85. The van der Waals surface area contributed by atoms with Crippen molar-refractivity contribution in [2.45, 2.75) is 26.4 Å². The summed E-state index contributed by atoms with van der Waals surface area (Å²) in [4.78, 5) is 11.5. The van der Waals surface area contributed by atoms with Gasteiger partial charge in [0.1, 0.15) is 5.60 Å². The molecular weight excluding hydrogens is 244 g/mol. The Morgan fingerprint density at radius 3 is 2.26 bits per heavy atom. The van der Waals surface area contributed by atoms with E-state index in [1.807, 2.05) is 26.8 Å². The predicted octanol–water partition coefficient (Wildman–Crippen LogP) is 3.06. The van der Waals surface area contributed by atoms with Gasteiger partial charge in [-0.3, -0.25) is 0 Å². The van der Waals surface area contributed by atoms with Gasteiger partial charge in [0.05, 0.1) is 14.2 Å². The molecule has 0 heterocycles. The lowest BCUT2D eigenvalue weighted by molar-refractivity contribution is -0.148. The maximum Gasteiger partial charge on any atom is 0.331 e. The van der Waals surface area contributed by atoms with E-state index in [0.717, 1.165) is 5.56 Å². The average Bonchev–Trinajstić information content (AvgIpc) is 2.33. The van der Waals surface area contributed by atoms with Crippen molar-refractivity contribution in [2.75, 3.05) is 14.2 Å². The number of ether oxygens (including phenoxy) is 3. The summed E-state index contributed by atoms with van der Waals surface area (Å²) >= 11 is 0. The largest absolute Gasteiger partial charge is 0.493 e. The van der Waals surface area contributed by atoms with E-state index in [0.29, 0.717) is 11.5 Å². The number of hydrogen-bond acceptors (Lipinski definition) is 4. The number of carbonyl (C=O) groups excluding carboxylic acids is 1. The molecule has 1 rings (SSSR count). The van der Waals surface area contributed by atoms with Crippen LogP contribution in [0, 0.1) is 0 Å². The summed E-state index contributed by atoms with van der Waals surface area (Å²) in [7, 11) is 3.15. The second-order valence-electron chi connectivity index (χ2n) is 4.98. The molecule has 0 bridgehead atoms. The Morgan fingerprint density at radius 2 is 1.74 bits per heavy atom. The highest BCUT2D eigenvalue weighted by Crippen LogP contribution is 2.27. The van der Waals surface area contributed by atoms with Crippen LogP contribution in [0.4, 0.5) is 0 Å². The molecular formula is C15H20O4. The number of rotatable bonds is 4. The molecule has 0 aliphatic rings. The molecule has 0 aliphatic heterocycles. The highest BCUT2D eigenvalue weighted by Gasteiger charge is 2.13. The quantitative estimate of drug-likeness (QED) is 0.619. The van der Waals surface area contributed by atoms with E-state index < -0.39 is 5.60 Å². The molecule has 104 valence electrons. The third kappa shape index (κ3) is 5.04. The molecule has 1 aromatic carbocycles. The Labute approximate surface area is 114 Å². The molecule has 0 spiro atoms. The Morgan fingerprint density at radius 1 is 1.11 bits per heavy atom. The summed E-state index contributed by atoms with van der Waals surface area (Å²) in [6, 6.07) is 5.41. The third-order valence-corrected chi connectivity index (χ3v) is 2.23. The van der Waals surface area contributed by atoms with Gasteiger partial charge in [-0.25, -0.2) is 4.79 Å². The lowest BCUT2D eigenvalue weighted by atomic mass is 10.2. The second kappa shape index (κ2) is 6.27. The van der Waals surface area contributed by atoms with Crippen molar-refractivity contribution in [3.8, 4) is 11.5 Å². The molecule has 0 atom stereocenters. The fourth-order valence-corrected chi connectivity index (χ4v) is 1.46. The van der Waals surface area contributed by atoms with Crippen LogP contribution in [0.5, 0.6) is 11.5 Å². The molecule has 0 fully saturated rings. The fraction of sp³-hybridized carbons (Fsp3) is 0.400. The van der Waals surface area contributed by atoms with Crippen LogP contribution in [-0.4, -0.2) is 25.8 Å². The van der Waals surface area contributed by atoms with Gasteiger partial charge in [-0.15, -0.1) is 0 Å². The zero-order valence-electron chi connectivity index (χ0n) is 12.0. The number of methoxy groups -OCH3 is 2. The van der Waals surface area contributed by atoms with Crippen molar-refractivity contribution in [1.29, 1.82) is 0 Å². The minimum absolute atomic E-state index is 0.373.